The van der Waals surface area contributed by atoms with Gasteiger partial charge in [0.05, 0.1) is 23.7 Å². The van der Waals surface area contributed by atoms with Gasteiger partial charge in [-0.05, 0) is 93.0 Å². The van der Waals surface area contributed by atoms with Gasteiger partial charge in [0.15, 0.2) is 0 Å². The summed E-state index contributed by atoms with van der Waals surface area (Å²) in [6.45, 7) is 0.729. The molecule has 0 radical (unpaired) electrons. The molecule has 4 heteroatoms. The molecule has 8 aromatic rings. The minimum atomic E-state index is 0.729. The molecular weight excluding hydrogens is 647 g/mol. The third kappa shape index (κ3) is 6.43. The van der Waals surface area contributed by atoms with Gasteiger partial charge < -0.3 is 14.5 Å². The first-order chi connectivity index (χ1) is 26.2. The van der Waals surface area contributed by atoms with Gasteiger partial charge in [0.1, 0.15) is 11.5 Å². The Morgan fingerprint density at radius 3 is 1.75 bits per heavy atom. The van der Waals surface area contributed by atoms with E-state index in [-0.39, 0.29) is 0 Å². The lowest BCUT2D eigenvalue weighted by Gasteiger charge is -2.20. The molecule has 2 heterocycles. The predicted molar refractivity (Wildman–Crippen MR) is 220 cm³/mol. The SMILES string of the molecule is CN1CN(c2cccc(Oc3cccc(-c4cc(-c5ccccc5)ccn4)c3)c2)c2ccc(-c3c(-c4ccccc4)cccc3-c3ccccc3)cc21. The number of rotatable bonds is 8. The van der Waals surface area contributed by atoms with E-state index in [9.17, 15) is 0 Å². The summed E-state index contributed by atoms with van der Waals surface area (Å²) in [4.78, 5) is 9.35. The fourth-order valence-electron chi connectivity index (χ4n) is 7.35. The summed E-state index contributed by atoms with van der Waals surface area (Å²) >= 11 is 0. The van der Waals surface area contributed by atoms with Crippen molar-refractivity contribution in [3.8, 4) is 67.3 Å². The van der Waals surface area contributed by atoms with Crippen LogP contribution in [0.15, 0.2) is 194 Å². The van der Waals surface area contributed by atoms with Crippen LogP contribution in [0, 0.1) is 0 Å². The number of fused-ring (bicyclic) bond motifs is 1. The van der Waals surface area contributed by atoms with Crippen LogP contribution in [0.1, 0.15) is 0 Å². The number of hydrogen-bond donors (Lipinski definition) is 0. The zero-order chi connectivity index (χ0) is 35.6. The smallest absolute Gasteiger partial charge is 0.129 e. The molecule has 1 aliphatic heterocycles. The molecule has 0 spiro atoms. The van der Waals surface area contributed by atoms with Gasteiger partial charge in [-0.2, -0.15) is 0 Å². The Labute approximate surface area is 310 Å². The Morgan fingerprint density at radius 1 is 0.453 bits per heavy atom. The van der Waals surface area contributed by atoms with Crippen LogP contribution in [0.25, 0.3) is 55.8 Å². The highest BCUT2D eigenvalue weighted by molar-refractivity contribution is 5.97. The van der Waals surface area contributed by atoms with Crippen molar-refractivity contribution < 1.29 is 4.74 Å². The first-order valence-corrected chi connectivity index (χ1v) is 17.9. The van der Waals surface area contributed by atoms with Crippen LogP contribution >= 0.6 is 0 Å². The maximum Gasteiger partial charge on any atom is 0.129 e. The summed E-state index contributed by atoms with van der Waals surface area (Å²) in [6.07, 6.45) is 1.87. The molecule has 0 bridgehead atoms. The summed E-state index contributed by atoms with van der Waals surface area (Å²) in [5.74, 6) is 1.55. The van der Waals surface area contributed by atoms with Crippen molar-refractivity contribution >= 4 is 17.1 Å². The second-order valence-corrected chi connectivity index (χ2v) is 13.4. The Balaban J connectivity index is 1.02. The molecular formula is C49H37N3O. The van der Waals surface area contributed by atoms with Crippen molar-refractivity contribution in [1.29, 1.82) is 0 Å². The van der Waals surface area contributed by atoms with E-state index >= 15 is 0 Å². The molecule has 0 aliphatic carbocycles. The third-order valence-corrected chi connectivity index (χ3v) is 9.92. The molecule has 7 aromatic carbocycles. The fraction of sp³-hybridized carbons (Fsp3) is 0.0408. The zero-order valence-corrected chi connectivity index (χ0v) is 29.4. The standard InChI is InChI=1S/C49H37N3O/c1-51-34-52(41-21-12-23-43(33-41)53-42-22-11-20-39(30-42)46-31-38(28-29-50-46)35-14-5-2-6-15-35)47-27-26-40(32-48(47)51)49-44(36-16-7-3-8-17-36)24-13-25-45(49)37-18-9-4-10-19-37/h2-33H,34H2,1H3. The lowest BCUT2D eigenvalue weighted by molar-refractivity contribution is 0.483. The van der Waals surface area contributed by atoms with Gasteiger partial charge in [-0.15, -0.1) is 0 Å². The molecule has 1 aliphatic rings. The van der Waals surface area contributed by atoms with Crippen LogP contribution in [0.5, 0.6) is 11.5 Å². The van der Waals surface area contributed by atoms with Crippen LogP contribution in [-0.2, 0) is 0 Å². The minimum absolute atomic E-state index is 0.729. The third-order valence-electron chi connectivity index (χ3n) is 9.92. The quantitative estimate of drug-likeness (QED) is 0.159. The highest BCUT2D eigenvalue weighted by Gasteiger charge is 2.26. The molecule has 0 unspecified atom stereocenters. The van der Waals surface area contributed by atoms with Gasteiger partial charge in [0, 0.05) is 30.6 Å². The number of aromatic nitrogens is 1. The summed E-state index contributed by atoms with van der Waals surface area (Å²) in [7, 11) is 2.16. The molecule has 0 N–H and O–H groups in total. The predicted octanol–water partition coefficient (Wildman–Crippen LogP) is 12.8. The molecule has 53 heavy (non-hydrogen) atoms. The van der Waals surface area contributed by atoms with E-state index < -0.39 is 0 Å². The molecule has 0 amide bonds. The Kier molecular flexibility index (Phi) is 8.47. The van der Waals surface area contributed by atoms with Crippen molar-refractivity contribution in [1.82, 2.24) is 4.98 Å². The summed E-state index contributed by atoms with van der Waals surface area (Å²) in [5.41, 5.74) is 14.9. The molecule has 1 aromatic heterocycles. The van der Waals surface area contributed by atoms with Crippen LogP contribution < -0.4 is 14.5 Å². The van der Waals surface area contributed by atoms with E-state index in [0.29, 0.717) is 0 Å². The number of ether oxygens (including phenoxy) is 1. The maximum atomic E-state index is 6.49. The maximum absolute atomic E-state index is 6.49. The van der Waals surface area contributed by atoms with Gasteiger partial charge in [-0.25, -0.2) is 0 Å². The normalized spacial score (nSPS) is 12.1. The van der Waals surface area contributed by atoms with Crippen molar-refractivity contribution in [3.05, 3.63) is 194 Å². The largest absolute Gasteiger partial charge is 0.457 e. The van der Waals surface area contributed by atoms with Crippen LogP contribution in [-0.4, -0.2) is 18.7 Å². The van der Waals surface area contributed by atoms with Gasteiger partial charge in [0.2, 0.25) is 0 Å². The van der Waals surface area contributed by atoms with Crippen LogP contribution in [0.3, 0.4) is 0 Å². The Hall–Kier alpha value is -6.91. The van der Waals surface area contributed by atoms with Gasteiger partial charge in [-0.1, -0.05) is 133 Å². The van der Waals surface area contributed by atoms with Crippen molar-refractivity contribution in [2.75, 3.05) is 23.5 Å². The average molecular weight is 684 g/mol. The van der Waals surface area contributed by atoms with Crippen LogP contribution in [0.4, 0.5) is 17.1 Å². The second kappa shape index (κ2) is 14.0. The lowest BCUT2D eigenvalue weighted by Crippen LogP contribution is -2.23. The average Bonchev–Trinajstić information content (AvgIpc) is 3.57. The van der Waals surface area contributed by atoms with Gasteiger partial charge in [-0.3, -0.25) is 4.98 Å². The highest BCUT2D eigenvalue weighted by Crippen LogP contribution is 2.46. The van der Waals surface area contributed by atoms with Crippen molar-refractivity contribution in [2.24, 2.45) is 0 Å². The molecule has 4 nitrogen and oxygen atoms in total. The van der Waals surface area contributed by atoms with Gasteiger partial charge in [0.25, 0.3) is 0 Å². The number of hydrogen-bond acceptors (Lipinski definition) is 4. The van der Waals surface area contributed by atoms with Gasteiger partial charge >= 0.3 is 0 Å². The van der Waals surface area contributed by atoms with Crippen LogP contribution in [0.2, 0.25) is 0 Å². The Morgan fingerprint density at radius 2 is 1.06 bits per heavy atom. The second-order valence-electron chi connectivity index (χ2n) is 13.4. The molecule has 0 saturated carbocycles. The van der Waals surface area contributed by atoms with Crippen molar-refractivity contribution in [3.63, 3.8) is 0 Å². The molecule has 9 rings (SSSR count). The molecule has 0 saturated heterocycles. The zero-order valence-electron chi connectivity index (χ0n) is 29.4. The highest BCUT2D eigenvalue weighted by atomic mass is 16.5. The van der Waals surface area contributed by atoms with E-state index in [1.807, 2.05) is 36.5 Å². The van der Waals surface area contributed by atoms with Crippen molar-refractivity contribution in [2.45, 2.75) is 0 Å². The number of benzene rings is 7. The number of nitrogens with zero attached hydrogens (tertiary/aromatic N) is 3. The first-order valence-electron chi connectivity index (χ1n) is 17.9. The first kappa shape index (κ1) is 32.0. The summed E-state index contributed by atoms with van der Waals surface area (Å²) in [6, 6.07) is 65.9. The van der Waals surface area contributed by atoms with E-state index in [1.165, 1.54) is 50.3 Å². The van der Waals surface area contributed by atoms with E-state index in [2.05, 4.69) is 180 Å². The fourth-order valence-corrected chi connectivity index (χ4v) is 7.35. The Bertz CT molecular complexity index is 2480. The van der Waals surface area contributed by atoms with E-state index in [1.54, 1.807) is 0 Å². The lowest BCUT2D eigenvalue weighted by atomic mass is 9.87. The summed E-state index contributed by atoms with van der Waals surface area (Å²) in [5, 5.41) is 0. The minimum Gasteiger partial charge on any atom is -0.457 e. The number of pyridine rings is 1. The monoisotopic (exact) mass is 683 g/mol. The number of anilines is 3. The molecule has 0 atom stereocenters. The van der Waals surface area contributed by atoms with E-state index in [4.69, 9.17) is 4.74 Å². The molecule has 0 fully saturated rings. The molecule has 254 valence electrons. The van der Waals surface area contributed by atoms with E-state index in [0.717, 1.165) is 40.7 Å². The topological polar surface area (TPSA) is 28.6 Å². The summed E-state index contributed by atoms with van der Waals surface area (Å²) < 4.78 is 6.49.